The number of nitrogen functional groups attached to an aromatic ring is 2. The molecule has 4 nitrogen and oxygen atoms in total. The summed E-state index contributed by atoms with van der Waals surface area (Å²) < 4.78 is 10.5. The van der Waals surface area contributed by atoms with Crippen molar-refractivity contribution in [1.82, 2.24) is 0 Å². The summed E-state index contributed by atoms with van der Waals surface area (Å²) in [6, 6.07) is 11.1. The van der Waals surface area contributed by atoms with Gasteiger partial charge >= 0.3 is 0 Å². The molecule has 0 amide bonds. The topological polar surface area (TPSA) is 70.5 Å². The van der Waals surface area contributed by atoms with Crippen LogP contribution in [0.25, 0.3) is 11.1 Å². The highest BCUT2D eigenvalue weighted by atomic mass is 35.5. The van der Waals surface area contributed by atoms with Gasteiger partial charge in [-0.3, -0.25) is 0 Å². The maximum Gasteiger partial charge on any atom is 0.161 e. The van der Waals surface area contributed by atoms with Gasteiger partial charge in [0.25, 0.3) is 0 Å². The van der Waals surface area contributed by atoms with E-state index in [-0.39, 0.29) is 24.8 Å². The van der Waals surface area contributed by atoms with Gasteiger partial charge in [0.05, 0.1) is 14.2 Å². The highest BCUT2D eigenvalue weighted by Crippen LogP contribution is 2.35. The minimum atomic E-state index is 0. The molecule has 0 heterocycles. The Hall–Kier alpha value is -1.78. The smallest absolute Gasteiger partial charge is 0.161 e. The van der Waals surface area contributed by atoms with Crippen LogP contribution < -0.4 is 20.9 Å². The van der Waals surface area contributed by atoms with Crippen molar-refractivity contribution in [3.05, 3.63) is 36.4 Å². The number of rotatable bonds is 3. The lowest BCUT2D eigenvalue weighted by molar-refractivity contribution is 0.355. The average Bonchev–Trinajstić information content (AvgIpc) is 2.40. The first-order chi connectivity index (χ1) is 8.65. The largest absolute Gasteiger partial charge is 0.493 e. The van der Waals surface area contributed by atoms with Crippen LogP contribution >= 0.6 is 24.8 Å². The molecule has 2 rings (SSSR count). The van der Waals surface area contributed by atoms with Crippen LogP contribution in [0.1, 0.15) is 0 Å². The van der Waals surface area contributed by atoms with Gasteiger partial charge in [-0.05, 0) is 35.9 Å². The predicted molar refractivity (Wildman–Crippen MR) is 88.3 cm³/mol. The Bertz CT molecular complexity index is 577. The summed E-state index contributed by atoms with van der Waals surface area (Å²) >= 11 is 0. The molecule has 0 aliphatic carbocycles. The molecular formula is C14H18Cl2N2O2. The molecule has 0 fully saturated rings. The van der Waals surface area contributed by atoms with Gasteiger partial charge < -0.3 is 20.9 Å². The quantitative estimate of drug-likeness (QED) is 0.852. The van der Waals surface area contributed by atoms with Gasteiger partial charge in [0, 0.05) is 16.9 Å². The molecule has 0 unspecified atom stereocenters. The molecular weight excluding hydrogens is 299 g/mol. The predicted octanol–water partition coefficient (Wildman–Crippen LogP) is 3.38. The second-order valence-electron chi connectivity index (χ2n) is 3.92. The number of nitrogens with two attached hydrogens (primary N) is 2. The average molecular weight is 317 g/mol. The van der Waals surface area contributed by atoms with Crippen molar-refractivity contribution in [2.45, 2.75) is 0 Å². The Balaban J connectivity index is 0.00000180. The number of hydrogen-bond donors (Lipinski definition) is 2. The van der Waals surface area contributed by atoms with Crippen LogP contribution in [0.4, 0.5) is 11.4 Å². The summed E-state index contributed by atoms with van der Waals surface area (Å²) in [6.45, 7) is 0. The van der Waals surface area contributed by atoms with Crippen molar-refractivity contribution in [3.63, 3.8) is 0 Å². The van der Waals surface area contributed by atoms with E-state index in [4.69, 9.17) is 20.9 Å². The fraction of sp³-hybridized carbons (Fsp3) is 0.143. The Kier molecular flexibility index (Phi) is 7.04. The Morgan fingerprint density at radius 2 is 1.45 bits per heavy atom. The third-order valence-corrected chi connectivity index (χ3v) is 2.77. The molecule has 0 saturated carbocycles. The van der Waals surface area contributed by atoms with Gasteiger partial charge in [-0.2, -0.15) is 0 Å². The van der Waals surface area contributed by atoms with Crippen molar-refractivity contribution in [2.24, 2.45) is 0 Å². The molecule has 4 N–H and O–H groups in total. The molecule has 2 aromatic carbocycles. The summed E-state index contributed by atoms with van der Waals surface area (Å²) in [6.07, 6.45) is 0. The molecule has 0 spiro atoms. The lowest BCUT2D eigenvalue weighted by atomic mass is 10.0. The van der Waals surface area contributed by atoms with Crippen molar-refractivity contribution in [1.29, 1.82) is 0 Å². The number of methoxy groups -OCH3 is 2. The normalized spacial score (nSPS) is 9.10. The van der Waals surface area contributed by atoms with E-state index in [0.717, 1.165) is 11.1 Å². The SMILES string of the molecule is COc1ccc(-c2cc(N)ccc2N)cc1OC.Cl.Cl. The molecule has 0 bridgehead atoms. The molecule has 0 atom stereocenters. The third kappa shape index (κ3) is 3.62. The van der Waals surface area contributed by atoms with Crippen molar-refractivity contribution in [3.8, 4) is 22.6 Å². The number of anilines is 2. The molecule has 0 aliphatic heterocycles. The Morgan fingerprint density at radius 1 is 0.800 bits per heavy atom. The fourth-order valence-electron chi connectivity index (χ4n) is 1.83. The van der Waals surface area contributed by atoms with E-state index in [0.29, 0.717) is 22.9 Å². The third-order valence-electron chi connectivity index (χ3n) is 2.77. The van der Waals surface area contributed by atoms with E-state index < -0.39 is 0 Å². The van der Waals surface area contributed by atoms with E-state index in [1.807, 2.05) is 24.3 Å². The highest BCUT2D eigenvalue weighted by molar-refractivity contribution is 5.85. The maximum absolute atomic E-state index is 5.96. The minimum absolute atomic E-state index is 0. The monoisotopic (exact) mass is 316 g/mol. The van der Waals surface area contributed by atoms with Crippen LogP contribution in [0.5, 0.6) is 11.5 Å². The van der Waals surface area contributed by atoms with Gasteiger partial charge in [0.2, 0.25) is 0 Å². The fourth-order valence-corrected chi connectivity index (χ4v) is 1.83. The van der Waals surface area contributed by atoms with Crippen LogP contribution in [-0.4, -0.2) is 14.2 Å². The summed E-state index contributed by atoms with van der Waals surface area (Å²) in [4.78, 5) is 0. The highest BCUT2D eigenvalue weighted by Gasteiger charge is 2.08. The zero-order valence-corrected chi connectivity index (χ0v) is 12.9. The number of halogens is 2. The first kappa shape index (κ1) is 18.2. The molecule has 110 valence electrons. The zero-order valence-electron chi connectivity index (χ0n) is 11.3. The lowest BCUT2D eigenvalue weighted by Crippen LogP contribution is -1.94. The van der Waals surface area contributed by atoms with Gasteiger partial charge in [0.15, 0.2) is 11.5 Å². The van der Waals surface area contributed by atoms with Gasteiger partial charge in [-0.1, -0.05) is 6.07 Å². The molecule has 0 radical (unpaired) electrons. The Morgan fingerprint density at radius 3 is 2.05 bits per heavy atom. The summed E-state index contributed by atoms with van der Waals surface area (Å²) in [5.41, 5.74) is 14.9. The van der Waals surface area contributed by atoms with Gasteiger partial charge in [0.1, 0.15) is 0 Å². The first-order valence-corrected chi connectivity index (χ1v) is 5.53. The summed E-state index contributed by atoms with van der Waals surface area (Å²) in [5.74, 6) is 1.35. The first-order valence-electron chi connectivity index (χ1n) is 5.53. The standard InChI is InChI=1S/C14H16N2O2.2ClH/c1-17-13-6-3-9(7-14(13)18-2)11-8-10(15)4-5-12(11)16;;/h3-8H,15-16H2,1-2H3;2*1H. The van der Waals surface area contributed by atoms with Crippen molar-refractivity contribution < 1.29 is 9.47 Å². The maximum atomic E-state index is 5.96. The minimum Gasteiger partial charge on any atom is -0.493 e. The van der Waals surface area contributed by atoms with Crippen LogP contribution in [0, 0.1) is 0 Å². The molecule has 2 aromatic rings. The van der Waals surface area contributed by atoms with Crippen LogP contribution in [-0.2, 0) is 0 Å². The Labute approximate surface area is 130 Å². The lowest BCUT2D eigenvalue weighted by Gasteiger charge is -2.11. The number of benzene rings is 2. The number of hydrogen-bond acceptors (Lipinski definition) is 4. The molecule has 20 heavy (non-hydrogen) atoms. The van der Waals surface area contributed by atoms with E-state index in [9.17, 15) is 0 Å². The van der Waals surface area contributed by atoms with E-state index in [2.05, 4.69) is 0 Å². The molecule has 0 saturated heterocycles. The van der Waals surface area contributed by atoms with Gasteiger partial charge in [-0.25, -0.2) is 0 Å². The van der Waals surface area contributed by atoms with E-state index in [1.165, 1.54) is 0 Å². The van der Waals surface area contributed by atoms with Gasteiger partial charge in [-0.15, -0.1) is 24.8 Å². The summed E-state index contributed by atoms with van der Waals surface area (Å²) in [5, 5.41) is 0. The molecule has 0 aliphatic rings. The molecule has 0 aromatic heterocycles. The second-order valence-corrected chi connectivity index (χ2v) is 3.92. The molecule has 6 heteroatoms. The zero-order chi connectivity index (χ0) is 13.1. The van der Waals surface area contributed by atoms with Crippen molar-refractivity contribution >= 4 is 36.2 Å². The van der Waals surface area contributed by atoms with Crippen LogP contribution in [0.3, 0.4) is 0 Å². The van der Waals surface area contributed by atoms with Crippen molar-refractivity contribution in [2.75, 3.05) is 25.7 Å². The van der Waals surface area contributed by atoms with Crippen LogP contribution in [0.15, 0.2) is 36.4 Å². The van der Waals surface area contributed by atoms with Crippen LogP contribution in [0.2, 0.25) is 0 Å². The van der Waals surface area contributed by atoms with E-state index in [1.54, 1.807) is 26.4 Å². The van der Waals surface area contributed by atoms with E-state index >= 15 is 0 Å². The second kappa shape index (κ2) is 7.72. The summed E-state index contributed by atoms with van der Waals surface area (Å²) in [7, 11) is 3.21. The number of ether oxygens (including phenoxy) is 2.